The van der Waals surface area contributed by atoms with Crippen molar-refractivity contribution >= 4 is 11.8 Å². The van der Waals surface area contributed by atoms with Gasteiger partial charge in [-0.2, -0.15) is 0 Å². The lowest BCUT2D eigenvalue weighted by Crippen LogP contribution is -2.59. The van der Waals surface area contributed by atoms with E-state index in [1.54, 1.807) is 13.8 Å². The van der Waals surface area contributed by atoms with E-state index >= 15 is 4.39 Å². The largest absolute Gasteiger partial charge is 0.457 e. The van der Waals surface area contributed by atoms with Crippen molar-refractivity contribution in [3.05, 3.63) is 0 Å². The molecule has 0 aromatic carbocycles. The van der Waals surface area contributed by atoms with Crippen molar-refractivity contribution in [2.45, 2.75) is 108 Å². The van der Waals surface area contributed by atoms with Gasteiger partial charge in [-0.25, -0.2) is 9.18 Å². The molecule has 9 nitrogen and oxygen atoms in total. The number of Topliss-reactive ketones (excluding diaryl/α,β-unsaturated/α-hetero) is 1. The van der Waals surface area contributed by atoms with E-state index in [9.17, 15) is 19.8 Å². The number of cyclic esters (lactones) is 1. The van der Waals surface area contributed by atoms with Crippen molar-refractivity contribution in [1.29, 1.82) is 0 Å². The number of carbonyl (C=O) groups is 2. The zero-order valence-corrected chi connectivity index (χ0v) is 24.1. The average Bonchev–Trinajstić information content (AvgIpc) is 3.13. The van der Waals surface area contributed by atoms with Gasteiger partial charge in [0, 0.05) is 31.5 Å². The van der Waals surface area contributed by atoms with Crippen molar-refractivity contribution in [2.24, 2.45) is 5.92 Å². The third kappa shape index (κ3) is 7.92. The maximum Gasteiger partial charge on any atom is 0.351 e. The molecule has 0 spiro atoms. The Kier molecular flexibility index (Phi) is 11.1. The monoisotopic (exact) mass is 531 g/mol. The molecule has 2 aliphatic heterocycles. The lowest BCUT2D eigenvalue weighted by Gasteiger charge is -2.42. The molecule has 0 aliphatic carbocycles. The minimum atomic E-state index is -2.86. The summed E-state index contributed by atoms with van der Waals surface area (Å²) in [4.78, 5) is 29.7. The van der Waals surface area contributed by atoms with Crippen molar-refractivity contribution in [3.63, 3.8) is 0 Å². The number of likely N-dealkylation sites (N-methyl/N-ethyl adjacent to an activating group) is 1. The lowest BCUT2D eigenvalue weighted by atomic mass is 9.85. The summed E-state index contributed by atoms with van der Waals surface area (Å²) in [5, 5.41) is 25.9. The Balaban J connectivity index is 2.31. The third-order valence-corrected chi connectivity index (χ3v) is 8.29. The van der Waals surface area contributed by atoms with Crippen LogP contribution in [0.1, 0.15) is 66.7 Å². The molecule has 2 rings (SSSR count). The summed E-state index contributed by atoms with van der Waals surface area (Å²) in [6.45, 7) is 10.7. The normalized spacial score (nSPS) is 40.9. The Morgan fingerprint density at radius 3 is 2.49 bits per heavy atom. The number of ether oxygens (including phenoxy) is 2. The lowest BCUT2D eigenvalue weighted by molar-refractivity contribution is -0.195. The number of alkyl halides is 1. The van der Waals surface area contributed by atoms with Crippen molar-refractivity contribution in [3.8, 4) is 0 Å². The van der Waals surface area contributed by atoms with Crippen LogP contribution >= 0.6 is 0 Å². The highest BCUT2D eigenvalue weighted by molar-refractivity contribution is 6.06. The average molecular weight is 532 g/mol. The number of rotatable bonds is 7. The summed E-state index contributed by atoms with van der Waals surface area (Å²) in [5.74, 6) is -2.13. The van der Waals surface area contributed by atoms with Gasteiger partial charge in [0.15, 0.2) is 5.78 Å². The Bertz CT molecular complexity index is 779. The van der Waals surface area contributed by atoms with Crippen molar-refractivity contribution < 1.29 is 33.7 Å². The molecular weight excluding hydrogens is 481 g/mol. The highest BCUT2D eigenvalue weighted by Gasteiger charge is 2.51. The number of esters is 1. The van der Waals surface area contributed by atoms with Crippen molar-refractivity contribution in [1.82, 2.24) is 15.1 Å². The third-order valence-electron chi connectivity index (χ3n) is 8.29. The Morgan fingerprint density at radius 1 is 1.24 bits per heavy atom. The van der Waals surface area contributed by atoms with Gasteiger partial charge in [-0.05, 0) is 87.6 Å². The van der Waals surface area contributed by atoms with Crippen LogP contribution in [-0.2, 0) is 19.1 Å². The Morgan fingerprint density at radius 2 is 1.89 bits per heavy atom. The van der Waals surface area contributed by atoms with E-state index in [2.05, 4.69) is 10.2 Å². The number of ketones is 1. The van der Waals surface area contributed by atoms with Gasteiger partial charge in [-0.1, -0.05) is 6.92 Å². The van der Waals surface area contributed by atoms with Crippen LogP contribution < -0.4 is 5.32 Å². The van der Waals surface area contributed by atoms with Crippen LogP contribution in [0, 0.1) is 5.92 Å². The predicted octanol–water partition coefficient (Wildman–Crippen LogP) is 1.54. The molecule has 1 unspecified atom stereocenters. The number of carbonyl (C=O) groups excluding carboxylic acids is 2. The van der Waals surface area contributed by atoms with Gasteiger partial charge >= 0.3 is 5.97 Å². The van der Waals surface area contributed by atoms with Crippen LogP contribution in [-0.4, -0.2) is 120 Å². The van der Waals surface area contributed by atoms with Gasteiger partial charge in [-0.3, -0.25) is 4.79 Å². The molecule has 3 N–H and O–H groups in total. The van der Waals surface area contributed by atoms with Crippen LogP contribution in [0.15, 0.2) is 0 Å². The van der Waals surface area contributed by atoms with Gasteiger partial charge in [0.05, 0.1) is 11.7 Å². The second-order valence-electron chi connectivity index (χ2n) is 12.0. The van der Waals surface area contributed by atoms with E-state index in [-0.39, 0.29) is 31.3 Å². The molecular formula is C27H50FN3O6. The SMILES string of the molecule is CC[C@H]1OC(=O)[C@@](C)(F)C(=O)CC[C@@]2(C)C[C@H](CN(C)[C@H](C)[C@@H](O)[C@]1(C)O)C(CNCCCN(C)C)O2. The van der Waals surface area contributed by atoms with Crippen LogP contribution in [0.25, 0.3) is 0 Å². The molecule has 2 fully saturated rings. The number of aliphatic hydroxyl groups is 2. The summed E-state index contributed by atoms with van der Waals surface area (Å²) in [6, 6.07) is -0.494. The summed E-state index contributed by atoms with van der Waals surface area (Å²) < 4.78 is 27.2. The van der Waals surface area contributed by atoms with Gasteiger partial charge < -0.3 is 34.8 Å². The minimum Gasteiger partial charge on any atom is -0.457 e. The molecule has 0 radical (unpaired) electrons. The number of nitrogens with zero attached hydrogens (tertiary/aromatic N) is 2. The fourth-order valence-electron chi connectivity index (χ4n) is 5.55. The molecule has 0 saturated carbocycles. The number of fused-ring (bicyclic) bond motifs is 2. The quantitative estimate of drug-likeness (QED) is 0.256. The molecule has 2 heterocycles. The summed E-state index contributed by atoms with van der Waals surface area (Å²) in [7, 11) is 5.96. The second-order valence-corrected chi connectivity index (χ2v) is 12.0. The first-order valence-electron chi connectivity index (χ1n) is 13.6. The molecule has 8 atom stereocenters. The first kappa shape index (κ1) is 32.0. The molecule has 0 aromatic rings. The molecule has 10 heteroatoms. The highest BCUT2D eigenvalue weighted by atomic mass is 19.1. The minimum absolute atomic E-state index is 0.0905. The predicted molar refractivity (Wildman–Crippen MR) is 140 cm³/mol. The fourth-order valence-corrected chi connectivity index (χ4v) is 5.55. The van der Waals surface area contributed by atoms with Gasteiger partial charge in [-0.15, -0.1) is 0 Å². The van der Waals surface area contributed by atoms with Crippen LogP contribution in [0.5, 0.6) is 0 Å². The number of nitrogens with one attached hydrogen (secondary N) is 1. The maximum absolute atomic E-state index is 15.4. The van der Waals surface area contributed by atoms with E-state index in [1.807, 2.05) is 33.0 Å². The first-order valence-corrected chi connectivity index (χ1v) is 13.6. The van der Waals surface area contributed by atoms with E-state index in [1.165, 1.54) is 6.92 Å². The molecule has 0 aromatic heterocycles. The smallest absolute Gasteiger partial charge is 0.351 e. The standard InChI is InChI=1S/C27H50FN3O6/c1-9-22-27(5,35)23(33)18(2)31(8)17-19-15-25(3,12-11-21(32)26(4,28)24(34)36-22)37-20(19)16-29-13-10-14-30(6)7/h18-20,22-23,29,33,35H,9-17H2,1-8H3/t18-,19-,20?,22-,23-,25+,26+,27-/m1/s1. The van der Waals surface area contributed by atoms with Gasteiger partial charge in [0.2, 0.25) is 0 Å². The summed E-state index contributed by atoms with van der Waals surface area (Å²) in [6.07, 6.45) is -0.707. The molecule has 2 bridgehead atoms. The Labute approximate surface area is 222 Å². The molecule has 37 heavy (non-hydrogen) atoms. The highest BCUT2D eigenvalue weighted by Crippen LogP contribution is 2.40. The molecule has 2 aliphatic rings. The first-order chi connectivity index (χ1) is 17.0. The van der Waals surface area contributed by atoms with Crippen LogP contribution in [0.3, 0.4) is 0 Å². The van der Waals surface area contributed by atoms with Crippen LogP contribution in [0.2, 0.25) is 0 Å². The van der Waals surface area contributed by atoms with Gasteiger partial charge in [0.1, 0.15) is 17.8 Å². The molecule has 0 amide bonds. The zero-order chi connectivity index (χ0) is 28.2. The number of hydrogen-bond donors (Lipinski definition) is 3. The number of aliphatic hydroxyl groups excluding tert-OH is 1. The second kappa shape index (κ2) is 12.8. The zero-order valence-electron chi connectivity index (χ0n) is 24.1. The molecule has 2 saturated heterocycles. The summed E-state index contributed by atoms with van der Waals surface area (Å²) in [5.41, 5.74) is -5.37. The Hall–Kier alpha value is -1.17. The van der Waals surface area contributed by atoms with Gasteiger partial charge in [0.25, 0.3) is 5.67 Å². The molecule has 216 valence electrons. The fraction of sp³-hybridized carbons (Fsp3) is 0.926. The number of halogens is 1. The summed E-state index contributed by atoms with van der Waals surface area (Å²) >= 11 is 0. The van der Waals surface area contributed by atoms with E-state index in [0.717, 1.165) is 26.4 Å². The van der Waals surface area contributed by atoms with E-state index in [0.29, 0.717) is 19.5 Å². The van der Waals surface area contributed by atoms with E-state index < -0.39 is 46.9 Å². The van der Waals surface area contributed by atoms with Crippen LogP contribution in [0.4, 0.5) is 4.39 Å². The number of hydrogen-bond acceptors (Lipinski definition) is 9. The topological polar surface area (TPSA) is 112 Å². The van der Waals surface area contributed by atoms with E-state index in [4.69, 9.17) is 9.47 Å². The van der Waals surface area contributed by atoms with Crippen molar-refractivity contribution in [2.75, 3.05) is 47.3 Å². The maximum atomic E-state index is 15.4.